The van der Waals surface area contributed by atoms with Crippen LogP contribution in [-0.4, -0.2) is 58.9 Å². The van der Waals surface area contributed by atoms with Gasteiger partial charge in [-0.2, -0.15) is 0 Å². The number of nitrogens with two attached hydrogens (primary N) is 2. The summed E-state index contributed by atoms with van der Waals surface area (Å²) in [6, 6.07) is 13.5. The summed E-state index contributed by atoms with van der Waals surface area (Å²) in [5, 5.41) is 16.5. The third-order valence-corrected chi connectivity index (χ3v) is 5.32. The van der Waals surface area contributed by atoms with Gasteiger partial charge in [0.1, 0.15) is 18.1 Å². The number of carbonyl (C=O) groups is 5. The number of rotatable bonds is 13. The Morgan fingerprint density at radius 3 is 1.75 bits per heavy atom. The van der Waals surface area contributed by atoms with E-state index in [1.807, 2.05) is 36.4 Å². The predicted octanol–water partition coefficient (Wildman–Crippen LogP) is -0.767. The van der Waals surface area contributed by atoms with Crippen LogP contribution in [0.4, 0.5) is 0 Å². The highest BCUT2D eigenvalue weighted by Gasteiger charge is 2.29. The molecule has 36 heavy (non-hydrogen) atoms. The van der Waals surface area contributed by atoms with Crippen LogP contribution >= 0.6 is 0 Å². The molecule has 8 N–H and O–H groups in total. The molecular weight excluding hydrogens is 466 g/mol. The predicted molar refractivity (Wildman–Crippen MR) is 131 cm³/mol. The van der Waals surface area contributed by atoms with E-state index in [1.165, 1.54) is 6.92 Å². The molecule has 4 atom stereocenters. The maximum atomic E-state index is 13.0. The Hall–Kier alpha value is -4.25. The van der Waals surface area contributed by atoms with Crippen LogP contribution in [0.5, 0.6) is 0 Å². The van der Waals surface area contributed by atoms with E-state index in [9.17, 15) is 29.1 Å². The van der Waals surface area contributed by atoms with Gasteiger partial charge >= 0.3 is 5.97 Å². The second kappa shape index (κ2) is 13.6. The molecule has 0 bridgehead atoms. The summed E-state index contributed by atoms with van der Waals surface area (Å²) in [6.45, 7) is 1.35. The molecule has 4 unspecified atom stereocenters. The van der Waals surface area contributed by atoms with Crippen molar-refractivity contribution in [3.8, 4) is 0 Å². The fourth-order valence-electron chi connectivity index (χ4n) is 3.38. The molecule has 0 aromatic heterocycles. The van der Waals surface area contributed by atoms with Gasteiger partial charge in [-0.1, -0.05) is 60.7 Å². The lowest BCUT2D eigenvalue weighted by molar-refractivity contribution is -0.143. The molecule has 2 rings (SSSR count). The number of carbonyl (C=O) groups excluding carboxylic acids is 4. The molecule has 0 aliphatic heterocycles. The minimum absolute atomic E-state index is 0.129. The first-order valence-corrected chi connectivity index (χ1v) is 11.3. The quantitative estimate of drug-likeness (QED) is 0.209. The molecule has 4 amide bonds. The molecule has 192 valence electrons. The minimum Gasteiger partial charge on any atom is -0.480 e. The maximum absolute atomic E-state index is 13.0. The fourth-order valence-corrected chi connectivity index (χ4v) is 3.38. The van der Waals surface area contributed by atoms with Crippen LogP contribution < -0.4 is 27.4 Å². The van der Waals surface area contributed by atoms with E-state index in [4.69, 9.17) is 11.5 Å². The van der Waals surface area contributed by atoms with Gasteiger partial charge in [0.15, 0.2) is 0 Å². The van der Waals surface area contributed by atoms with Crippen molar-refractivity contribution in [3.05, 3.63) is 71.8 Å². The number of amides is 4. The number of carboxylic acids is 1. The summed E-state index contributed by atoms with van der Waals surface area (Å²) in [4.78, 5) is 60.6. The van der Waals surface area contributed by atoms with Gasteiger partial charge in [-0.25, -0.2) is 4.79 Å². The molecular formula is C25H31N5O6. The van der Waals surface area contributed by atoms with E-state index in [1.54, 1.807) is 24.3 Å². The lowest BCUT2D eigenvalue weighted by atomic mass is 10.0. The lowest BCUT2D eigenvalue weighted by Gasteiger charge is -2.23. The fraction of sp³-hybridized carbons (Fsp3) is 0.320. The molecule has 11 nitrogen and oxygen atoms in total. The maximum Gasteiger partial charge on any atom is 0.326 e. The highest BCUT2D eigenvalue weighted by Crippen LogP contribution is 2.06. The summed E-state index contributed by atoms with van der Waals surface area (Å²) < 4.78 is 0. The molecule has 0 aliphatic rings. The van der Waals surface area contributed by atoms with Crippen LogP contribution in [0.15, 0.2) is 60.7 Å². The van der Waals surface area contributed by atoms with Crippen molar-refractivity contribution in [1.29, 1.82) is 0 Å². The molecule has 2 aromatic rings. The number of aliphatic carboxylic acids is 1. The second-order valence-corrected chi connectivity index (χ2v) is 8.35. The molecule has 0 spiro atoms. The Balaban J connectivity index is 2.08. The van der Waals surface area contributed by atoms with Crippen molar-refractivity contribution >= 4 is 29.6 Å². The average molecular weight is 498 g/mol. The van der Waals surface area contributed by atoms with Gasteiger partial charge in [-0.05, 0) is 24.5 Å². The summed E-state index contributed by atoms with van der Waals surface area (Å²) in [5.74, 6) is -4.38. The Labute approximate surface area is 208 Å². The SMILES string of the molecule is CC(NC(=O)C(Cc1ccccc1)NC(=O)C(N)Cc1ccccc1)C(=O)NC(CC(N)=O)C(=O)O. The zero-order valence-corrected chi connectivity index (χ0v) is 19.8. The molecule has 0 saturated heterocycles. The summed E-state index contributed by atoms with van der Waals surface area (Å²) >= 11 is 0. The van der Waals surface area contributed by atoms with Crippen molar-refractivity contribution in [2.45, 2.75) is 50.4 Å². The number of hydrogen-bond acceptors (Lipinski definition) is 6. The highest BCUT2D eigenvalue weighted by atomic mass is 16.4. The average Bonchev–Trinajstić information content (AvgIpc) is 2.83. The number of carboxylic acid groups (broad SMARTS) is 1. The van der Waals surface area contributed by atoms with E-state index >= 15 is 0 Å². The molecule has 0 radical (unpaired) electrons. The minimum atomic E-state index is -1.54. The summed E-state index contributed by atoms with van der Waals surface area (Å²) in [6.07, 6.45) is -0.209. The van der Waals surface area contributed by atoms with E-state index in [2.05, 4.69) is 16.0 Å². The van der Waals surface area contributed by atoms with Gasteiger partial charge in [-0.15, -0.1) is 0 Å². The van der Waals surface area contributed by atoms with Crippen molar-refractivity contribution in [1.82, 2.24) is 16.0 Å². The Bertz CT molecular complexity index is 1060. The number of benzene rings is 2. The van der Waals surface area contributed by atoms with Crippen molar-refractivity contribution in [3.63, 3.8) is 0 Å². The van der Waals surface area contributed by atoms with Crippen molar-refractivity contribution in [2.75, 3.05) is 0 Å². The molecule has 0 heterocycles. The second-order valence-electron chi connectivity index (χ2n) is 8.35. The van der Waals surface area contributed by atoms with Crippen LogP contribution in [0, 0.1) is 0 Å². The smallest absolute Gasteiger partial charge is 0.326 e. The van der Waals surface area contributed by atoms with E-state index in [0.717, 1.165) is 11.1 Å². The van der Waals surface area contributed by atoms with Crippen LogP contribution in [-0.2, 0) is 36.8 Å². The van der Waals surface area contributed by atoms with Crippen LogP contribution in [0.3, 0.4) is 0 Å². The van der Waals surface area contributed by atoms with Gasteiger partial charge in [-0.3, -0.25) is 19.2 Å². The molecule has 0 saturated carbocycles. The molecule has 0 fully saturated rings. The molecule has 0 aliphatic carbocycles. The zero-order valence-electron chi connectivity index (χ0n) is 19.8. The van der Waals surface area contributed by atoms with Crippen molar-refractivity contribution < 1.29 is 29.1 Å². The first kappa shape index (κ1) is 28.0. The van der Waals surface area contributed by atoms with E-state index in [-0.39, 0.29) is 12.8 Å². The first-order chi connectivity index (χ1) is 17.1. The molecule has 2 aromatic carbocycles. The third kappa shape index (κ3) is 9.18. The Morgan fingerprint density at radius 2 is 1.25 bits per heavy atom. The largest absolute Gasteiger partial charge is 0.480 e. The van der Waals surface area contributed by atoms with Crippen LogP contribution in [0.1, 0.15) is 24.5 Å². The van der Waals surface area contributed by atoms with E-state index in [0.29, 0.717) is 0 Å². The van der Waals surface area contributed by atoms with Gasteiger partial charge in [0.05, 0.1) is 12.5 Å². The topological polar surface area (TPSA) is 194 Å². The standard InChI is InChI=1S/C25H31N5O6/c1-15(22(32)30-20(25(35)36)14-21(27)31)28-24(34)19(13-17-10-6-3-7-11-17)29-23(33)18(26)12-16-8-4-2-5-9-16/h2-11,15,18-20H,12-14,26H2,1H3,(H2,27,31)(H,28,34)(H,29,33)(H,30,32)(H,35,36). The van der Waals surface area contributed by atoms with Crippen LogP contribution in [0.25, 0.3) is 0 Å². The zero-order chi connectivity index (χ0) is 26.7. The van der Waals surface area contributed by atoms with Gasteiger partial charge in [0.2, 0.25) is 23.6 Å². The summed E-state index contributed by atoms with van der Waals surface area (Å²) in [7, 11) is 0. The molecule has 11 heteroatoms. The Morgan fingerprint density at radius 1 is 0.750 bits per heavy atom. The van der Waals surface area contributed by atoms with Crippen molar-refractivity contribution in [2.24, 2.45) is 11.5 Å². The number of hydrogen-bond donors (Lipinski definition) is 6. The third-order valence-electron chi connectivity index (χ3n) is 5.32. The van der Waals surface area contributed by atoms with E-state index < -0.39 is 60.2 Å². The number of primary amides is 1. The van der Waals surface area contributed by atoms with Crippen LogP contribution in [0.2, 0.25) is 0 Å². The van der Waals surface area contributed by atoms with Gasteiger partial charge in [0, 0.05) is 6.42 Å². The van der Waals surface area contributed by atoms with Gasteiger partial charge < -0.3 is 32.5 Å². The normalized spacial score (nSPS) is 13.9. The Kier molecular flexibility index (Phi) is 10.6. The lowest BCUT2D eigenvalue weighted by Crippen LogP contribution is -2.57. The monoisotopic (exact) mass is 497 g/mol. The van der Waals surface area contributed by atoms with Gasteiger partial charge in [0.25, 0.3) is 0 Å². The first-order valence-electron chi connectivity index (χ1n) is 11.3. The highest BCUT2D eigenvalue weighted by molar-refractivity contribution is 5.94. The summed E-state index contributed by atoms with van der Waals surface area (Å²) in [5.41, 5.74) is 12.7. The number of nitrogens with one attached hydrogen (secondary N) is 3.